The molecule has 1 nitrogen and oxygen atoms in total. The van der Waals surface area contributed by atoms with E-state index in [0.29, 0.717) is 0 Å². The normalized spacial score (nSPS) is 44.0. The van der Waals surface area contributed by atoms with Crippen LogP contribution in [0.3, 0.4) is 0 Å². The lowest BCUT2D eigenvalue weighted by molar-refractivity contribution is -0.108. The van der Waals surface area contributed by atoms with Crippen LogP contribution in [0.4, 0.5) is 0 Å². The molecular formula is C19H31BrO. The van der Waals surface area contributed by atoms with Crippen LogP contribution in [-0.2, 0) is 4.79 Å². The van der Waals surface area contributed by atoms with E-state index >= 15 is 0 Å². The van der Waals surface area contributed by atoms with Gasteiger partial charge in [0, 0.05) is 11.2 Å². The first-order valence-corrected chi connectivity index (χ1v) is 10.3. The Kier molecular flexibility index (Phi) is 5.81. The summed E-state index contributed by atoms with van der Waals surface area (Å²) in [5.41, 5.74) is 0. The standard InChI is InChI=1S/C19H31BrO/c20-19-9-7-15(8-10-19)17-6-5-16-12-14(2-1-11-21)3-4-18(16)13-17/h11,14-19H,1-10,12-13H2. The van der Waals surface area contributed by atoms with E-state index in [0.717, 1.165) is 53.5 Å². The van der Waals surface area contributed by atoms with E-state index in [-0.39, 0.29) is 0 Å². The van der Waals surface area contributed by atoms with Crippen LogP contribution in [0.1, 0.15) is 77.0 Å². The lowest BCUT2D eigenvalue weighted by Crippen LogP contribution is -2.34. The number of hydrogen-bond donors (Lipinski definition) is 0. The summed E-state index contributed by atoms with van der Waals surface area (Å²) in [6, 6.07) is 0. The molecule has 3 saturated carbocycles. The van der Waals surface area contributed by atoms with Crippen LogP contribution < -0.4 is 0 Å². The minimum Gasteiger partial charge on any atom is -0.303 e. The second-order valence-electron chi connectivity index (χ2n) is 8.03. The molecule has 0 N–H and O–H groups in total. The van der Waals surface area contributed by atoms with Crippen LogP contribution in [0.25, 0.3) is 0 Å². The van der Waals surface area contributed by atoms with Crippen molar-refractivity contribution in [2.24, 2.45) is 29.6 Å². The summed E-state index contributed by atoms with van der Waals surface area (Å²) in [6.07, 6.45) is 17.6. The summed E-state index contributed by atoms with van der Waals surface area (Å²) in [4.78, 5) is 11.4. The fraction of sp³-hybridized carbons (Fsp3) is 0.947. The molecule has 0 heterocycles. The third kappa shape index (κ3) is 4.12. The van der Waals surface area contributed by atoms with Crippen molar-refractivity contribution in [3.8, 4) is 0 Å². The fourth-order valence-corrected chi connectivity index (χ4v) is 6.10. The summed E-state index contributed by atoms with van der Waals surface area (Å²) in [5.74, 6) is 4.96. The van der Waals surface area contributed by atoms with Gasteiger partial charge in [-0.15, -0.1) is 0 Å². The van der Waals surface area contributed by atoms with Crippen molar-refractivity contribution < 1.29 is 4.79 Å². The Hall–Kier alpha value is 0.150. The van der Waals surface area contributed by atoms with Crippen LogP contribution >= 0.6 is 15.9 Å². The molecule has 0 aromatic heterocycles. The summed E-state index contributed by atoms with van der Waals surface area (Å²) in [7, 11) is 0. The second kappa shape index (κ2) is 7.62. The van der Waals surface area contributed by atoms with Crippen LogP contribution in [0.15, 0.2) is 0 Å². The molecule has 2 heteroatoms. The molecule has 4 atom stereocenters. The van der Waals surface area contributed by atoms with Gasteiger partial charge in [-0.1, -0.05) is 22.4 Å². The molecule has 4 unspecified atom stereocenters. The van der Waals surface area contributed by atoms with E-state index < -0.39 is 0 Å². The van der Waals surface area contributed by atoms with Gasteiger partial charge in [-0.2, -0.15) is 0 Å². The van der Waals surface area contributed by atoms with Crippen LogP contribution in [0.2, 0.25) is 0 Å². The molecule has 3 rings (SSSR count). The Balaban J connectivity index is 1.47. The van der Waals surface area contributed by atoms with Gasteiger partial charge in [-0.05, 0) is 93.8 Å². The fourth-order valence-electron chi connectivity index (χ4n) is 5.57. The van der Waals surface area contributed by atoms with E-state index in [4.69, 9.17) is 0 Å². The lowest BCUT2D eigenvalue weighted by atomic mass is 9.61. The van der Waals surface area contributed by atoms with Gasteiger partial charge in [0.2, 0.25) is 0 Å². The van der Waals surface area contributed by atoms with Crippen molar-refractivity contribution >= 4 is 22.2 Å². The molecule has 0 aromatic carbocycles. The van der Waals surface area contributed by atoms with E-state index in [2.05, 4.69) is 15.9 Å². The van der Waals surface area contributed by atoms with Crippen molar-refractivity contribution in [3.05, 3.63) is 0 Å². The van der Waals surface area contributed by atoms with Gasteiger partial charge >= 0.3 is 0 Å². The number of hydrogen-bond acceptors (Lipinski definition) is 1. The Morgan fingerprint density at radius 3 is 2.05 bits per heavy atom. The zero-order chi connectivity index (χ0) is 14.7. The van der Waals surface area contributed by atoms with E-state index in [9.17, 15) is 4.79 Å². The highest BCUT2D eigenvalue weighted by molar-refractivity contribution is 9.09. The average Bonchev–Trinajstić information content (AvgIpc) is 2.53. The number of alkyl halides is 1. The molecular weight excluding hydrogens is 324 g/mol. The molecule has 0 amide bonds. The van der Waals surface area contributed by atoms with Gasteiger partial charge in [-0.3, -0.25) is 0 Å². The van der Waals surface area contributed by atoms with Gasteiger partial charge in [0.1, 0.15) is 6.29 Å². The van der Waals surface area contributed by atoms with Crippen molar-refractivity contribution in [2.45, 2.75) is 81.9 Å². The van der Waals surface area contributed by atoms with Gasteiger partial charge in [0.25, 0.3) is 0 Å². The number of fused-ring (bicyclic) bond motifs is 1. The third-order valence-corrected chi connectivity index (χ3v) is 7.74. The highest BCUT2D eigenvalue weighted by Crippen LogP contribution is 2.49. The highest BCUT2D eigenvalue weighted by atomic mass is 79.9. The Bertz CT molecular complexity index is 334. The third-order valence-electron chi connectivity index (χ3n) is 6.82. The number of aldehydes is 1. The monoisotopic (exact) mass is 354 g/mol. The van der Waals surface area contributed by atoms with Crippen LogP contribution in [-0.4, -0.2) is 11.1 Å². The predicted octanol–water partition coefficient (Wildman–Crippen LogP) is 5.75. The quantitative estimate of drug-likeness (QED) is 0.463. The largest absolute Gasteiger partial charge is 0.303 e. The van der Waals surface area contributed by atoms with Crippen LogP contribution in [0, 0.1) is 29.6 Å². The SMILES string of the molecule is O=CCCC1CCC2CC(C3CCC(Br)CC3)CCC2C1. The first kappa shape index (κ1) is 16.0. The van der Waals surface area contributed by atoms with Crippen molar-refractivity contribution in [3.63, 3.8) is 0 Å². The molecule has 120 valence electrons. The summed E-state index contributed by atoms with van der Waals surface area (Å²) >= 11 is 3.80. The molecule has 3 aliphatic carbocycles. The van der Waals surface area contributed by atoms with Crippen molar-refractivity contribution in [1.29, 1.82) is 0 Å². The molecule has 0 bridgehead atoms. The van der Waals surface area contributed by atoms with Gasteiger partial charge in [-0.25, -0.2) is 0 Å². The molecule has 0 spiro atoms. The lowest BCUT2D eigenvalue weighted by Gasteiger charge is -2.45. The van der Waals surface area contributed by atoms with E-state index in [1.165, 1.54) is 64.2 Å². The minimum atomic E-state index is 0.792. The highest BCUT2D eigenvalue weighted by Gasteiger charge is 2.38. The van der Waals surface area contributed by atoms with Crippen LogP contribution in [0.5, 0.6) is 0 Å². The molecule has 3 fully saturated rings. The van der Waals surface area contributed by atoms with Gasteiger partial charge in [0.15, 0.2) is 0 Å². The zero-order valence-corrected chi connectivity index (χ0v) is 14.9. The number of carbonyl (C=O) groups is 1. The molecule has 21 heavy (non-hydrogen) atoms. The first-order valence-electron chi connectivity index (χ1n) is 9.34. The molecule has 0 radical (unpaired) electrons. The summed E-state index contributed by atoms with van der Waals surface area (Å²) in [5, 5.41) is 0. The van der Waals surface area contributed by atoms with E-state index in [1.54, 1.807) is 0 Å². The molecule has 0 aromatic rings. The number of carbonyl (C=O) groups excluding carboxylic acids is 1. The Labute approximate surface area is 138 Å². The van der Waals surface area contributed by atoms with Gasteiger partial charge < -0.3 is 4.79 Å². The minimum absolute atomic E-state index is 0.792. The van der Waals surface area contributed by atoms with Gasteiger partial charge in [0.05, 0.1) is 0 Å². The maximum Gasteiger partial charge on any atom is 0.120 e. The Morgan fingerprint density at radius 1 is 0.762 bits per heavy atom. The smallest absolute Gasteiger partial charge is 0.120 e. The second-order valence-corrected chi connectivity index (χ2v) is 9.32. The molecule has 0 saturated heterocycles. The summed E-state index contributed by atoms with van der Waals surface area (Å²) in [6.45, 7) is 0. The average molecular weight is 355 g/mol. The maximum atomic E-state index is 10.6. The van der Waals surface area contributed by atoms with E-state index in [1.807, 2.05) is 0 Å². The molecule has 0 aliphatic heterocycles. The maximum absolute atomic E-state index is 10.6. The Morgan fingerprint density at radius 2 is 1.33 bits per heavy atom. The van der Waals surface area contributed by atoms with Crippen molar-refractivity contribution in [1.82, 2.24) is 0 Å². The summed E-state index contributed by atoms with van der Waals surface area (Å²) < 4.78 is 0. The van der Waals surface area contributed by atoms with Crippen molar-refractivity contribution in [2.75, 3.05) is 0 Å². The number of halogens is 1. The first-order chi connectivity index (χ1) is 10.3. The number of rotatable bonds is 4. The topological polar surface area (TPSA) is 17.1 Å². The predicted molar refractivity (Wildman–Crippen MR) is 91.6 cm³/mol. The molecule has 3 aliphatic rings. The zero-order valence-electron chi connectivity index (χ0n) is 13.3.